The maximum Gasteiger partial charge on any atom is 0.143 e. The summed E-state index contributed by atoms with van der Waals surface area (Å²) in [5.41, 5.74) is 10.9. The third-order valence-corrected chi connectivity index (χ3v) is 11.5. The summed E-state index contributed by atoms with van der Waals surface area (Å²) in [5, 5.41) is 6.02. The average Bonchev–Trinajstić information content (AvgIpc) is 3.77. The first-order valence-corrected chi connectivity index (χ1v) is 18.7. The molecular weight excluding hydrogens is 667 g/mol. The van der Waals surface area contributed by atoms with Crippen LogP contribution in [0.4, 0.5) is 17.1 Å². The molecule has 1 heterocycles. The predicted octanol–water partition coefficient (Wildman–Crippen LogP) is 15.0. The van der Waals surface area contributed by atoms with Crippen molar-refractivity contribution in [2.75, 3.05) is 4.90 Å². The second-order valence-electron chi connectivity index (χ2n) is 14.9. The van der Waals surface area contributed by atoms with Crippen molar-refractivity contribution < 1.29 is 11.3 Å². The molecule has 11 rings (SSSR count). The zero-order valence-corrected chi connectivity index (χ0v) is 30.4. The van der Waals surface area contributed by atoms with E-state index in [1.165, 1.54) is 22.3 Å². The molecule has 0 saturated heterocycles. The lowest BCUT2D eigenvalue weighted by Gasteiger charge is -2.30. The van der Waals surface area contributed by atoms with Crippen molar-refractivity contribution in [3.8, 4) is 33.4 Å². The second kappa shape index (κ2) is 12.1. The van der Waals surface area contributed by atoms with Gasteiger partial charge in [-0.1, -0.05) is 165 Å². The van der Waals surface area contributed by atoms with Crippen LogP contribution in [-0.2, 0) is 5.41 Å². The number of nitrogens with zero attached hydrogens (tertiary/aromatic N) is 1. The standard InChI is InChI=1S/C53H37NO/c1-53(2)47-24-14-13-21-41(47)42-30-29-38(31-48(42)53)54(37-27-25-35(26-28-37)34-15-5-3-6-16-34)49-32-46-50(33-45(49)36-17-7-4-8-18-36)55-52-44-23-12-10-20-40(44)39-19-9-11-22-43(39)51(46)52/h3-33H,1-2H3/i4D,7D,8D,17D,18D. The van der Waals surface area contributed by atoms with Crippen LogP contribution in [-0.4, -0.2) is 0 Å². The lowest BCUT2D eigenvalue weighted by atomic mass is 9.82. The maximum absolute atomic E-state index is 9.28. The van der Waals surface area contributed by atoms with Crippen LogP contribution in [0.25, 0.3) is 76.9 Å². The van der Waals surface area contributed by atoms with Crippen LogP contribution in [0.2, 0.25) is 0 Å². The van der Waals surface area contributed by atoms with Crippen molar-refractivity contribution in [2.24, 2.45) is 0 Å². The lowest BCUT2D eigenvalue weighted by Crippen LogP contribution is -2.17. The zero-order valence-electron chi connectivity index (χ0n) is 35.4. The number of furan rings is 1. The van der Waals surface area contributed by atoms with Crippen molar-refractivity contribution in [1.29, 1.82) is 0 Å². The number of fused-ring (bicyclic) bond motifs is 11. The van der Waals surface area contributed by atoms with Crippen molar-refractivity contribution in [1.82, 2.24) is 0 Å². The molecule has 1 aliphatic rings. The van der Waals surface area contributed by atoms with Gasteiger partial charge in [-0.2, -0.15) is 0 Å². The summed E-state index contributed by atoms with van der Waals surface area (Å²) < 4.78 is 51.5. The SMILES string of the molecule is [2H]c1c([2H])c([2H])c(-c2cc3oc4c5ccccc5c5ccccc5c4c3cc2N(c2ccc(-c3ccccc3)cc2)c2ccc3c(c2)C(C)(C)c2ccccc2-3)c([2H])c1[2H]. The summed E-state index contributed by atoms with van der Waals surface area (Å²) in [7, 11) is 0. The third-order valence-electron chi connectivity index (χ3n) is 11.5. The first kappa shape index (κ1) is 26.8. The van der Waals surface area contributed by atoms with Crippen LogP contribution in [0.3, 0.4) is 0 Å². The van der Waals surface area contributed by atoms with E-state index in [4.69, 9.17) is 8.53 Å². The summed E-state index contributed by atoms with van der Waals surface area (Å²) in [6.45, 7) is 4.52. The molecule has 55 heavy (non-hydrogen) atoms. The molecule has 10 aromatic rings. The molecule has 0 fully saturated rings. The van der Waals surface area contributed by atoms with Crippen molar-refractivity contribution in [2.45, 2.75) is 19.3 Å². The van der Waals surface area contributed by atoms with E-state index in [-0.39, 0.29) is 23.1 Å². The van der Waals surface area contributed by atoms with Crippen LogP contribution in [0, 0.1) is 0 Å². The van der Waals surface area contributed by atoms with Gasteiger partial charge in [0, 0.05) is 38.5 Å². The smallest absolute Gasteiger partial charge is 0.143 e. The monoisotopic (exact) mass is 708 g/mol. The first-order chi connectivity index (χ1) is 29.1. The number of benzene rings is 9. The van der Waals surface area contributed by atoms with Gasteiger partial charge in [0.25, 0.3) is 0 Å². The Labute approximate surface area is 327 Å². The van der Waals surface area contributed by atoms with Gasteiger partial charge in [-0.25, -0.2) is 0 Å². The van der Waals surface area contributed by atoms with E-state index in [0.717, 1.165) is 60.4 Å². The number of rotatable bonds is 5. The van der Waals surface area contributed by atoms with Crippen molar-refractivity contribution in [3.05, 3.63) is 199 Å². The van der Waals surface area contributed by atoms with E-state index < -0.39 is 18.1 Å². The maximum atomic E-state index is 9.28. The van der Waals surface area contributed by atoms with E-state index in [0.29, 0.717) is 16.8 Å². The molecule has 0 saturated carbocycles. The van der Waals surface area contributed by atoms with E-state index in [2.05, 4.69) is 134 Å². The molecule has 0 spiro atoms. The van der Waals surface area contributed by atoms with Crippen LogP contribution in [0.5, 0.6) is 0 Å². The molecule has 0 atom stereocenters. The minimum Gasteiger partial charge on any atom is -0.455 e. The second-order valence-corrected chi connectivity index (χ2v) is 14.9. The van der Waals surface area contributed by atoms with Crippen LogP contribution < -0.4 is 4.90 Å². The van der Waals surface area contributed by atoms with E-state index >= 15 is 0 Å². The molecule has 2 nitrogen and oxygen atoms in total. The fourth-order valence-electron chi connectivity index (χ4n) is 8.90. The predicted molar refractivity (Wildman–Crippen MR) is 232 cm³/mol. The van der Waals surface area contributed by atoms with Crippen LogP contribution >= 0.6 is 0 Å². The molecule has 0 radical (unpaired) electrons. The number of anilines is 3. The Morgan fingerprint density at radius 2 is 1.09 bits per heavy atom. The number of hydrogen-bond acceptors (Lipinski definition) is 2. The zero-order chi connectivity index (χ0) is 41.0. The molecule has 260 valence electrons. The molecule has 2 heteroatoms. The summed E-state index contributed by atoms with van der Waals surface area (Å²) in [4.78, 5) is 2.17. The van der Waals surface area contributed by atoms with Gasteiger partial charge in [0.1, 0.15) is 11.2 Å². The quantitative estimate of drug-likeness (QED) is 0.166. The highest BCUT2D eigenvalue weighted by Gasteiger charge is 2.36. The largest absolute Gasteiger partial charge is 0.455 e. The van der Waals surface area contributed by atoms with Crippen molar-refractivity contribution >= 4 is 60.5 Å². The Balaban J connectivity index is 1.27. The summed E-state index contributed by atoms with van der Waals surface area (Å²) in [6.07, 6.45) is 0. The van der Waals surface area contributed by atoms with Crippen LogP contribution in [0.15, 0.2) is 192 Å². The summed E-state index contributed by atoms with van der Waals surface area (Å²) >= 11 is 0. The molecule has 0 aliphatic heterocycles. The van der Waals surface area contributed by atoms with Gasteiger partial charge in [-0.3, -0.25) is 0 Å². The lowest BCUT2D eigenvalue weighted by molar-refractivity contribution is 0.660. The van der Waals surface area contributed by atoms with Gasteiger partial charge in [0.15, 0.2) is 0 Å². The Hall–Kier alpha value is -6.90. The van der Waals surface area contributed by atoms with E-state index in [9.17, 15) is 2.74 Å². The minimum atomic E-state index is -0.438. The van der Waals surface area contributed by atoms with E-state index in [1.807, 2.05) is 42.5 Å². The third kappa shape index (κ3) is 4.81. The first-order valence-electron chi connectivity index (χ1n) is 21.2. The number of hydrogen-bond donors (Lipinski definition) is 0. The highest BCUT2D eigenvalue weighted by atomic mass is 16.3. The fourth-order valence-corrected chi connectivity index (χ4v) is 8.90. The van der Waals surface area contributed by atoms with Crippen LogP contribution in [0.1, 0.15) is 31.8 Å². The van der Waals surface area contributed by atoms with Crippen molar-refractivity contribution in [3.63, 3.8) is 0 Å². The Bertz CT molecular complexity index is 3380. The molecule has 0 unspecified atom stereocenters. The molecule has 1 aromatic heterocycles. The Kier molecular flexibility index (Phi) is 5.88. The minimum absolute atomic E-state index is 0.105. The normalized spacial score (nSPS) is 14.3. The average molecular weight is 709 g/mol. The highest BCUT2D eigenvalue weighted by Crippen LogP contribution is 2.52. The van der Waals surface area contributed by atoms with Gasteiger partial charge in [0.05, 0.1) is 12.5 Å². The summed E-state index contributed by atoms with van der Waals surface area (Å²) in [6, 6.07) is 52.6. The molecule has 0 amide bonds. The van der Waals surface area contributed by atoms with Gasteiger partial charge in [-0.05, 0) is 91.5 Å². The summed E-state index contributed by atoms with van der Waals surface area (Å²) in [5.74, 6) is 0. The molecule has 9 aromatic carbocycles. The molecular formula is C53H37NO. The molecule has 1 aliphatic carbocycles. The highest BCUT2D eigenvalue weighted by molar-refractivity contribution is 6.30. The van der Waals surface area contributed by atoms with Gasteiger partial charge >= 0.3 is 0 Å². The fraction of sp³-hybridized carbons (Fsp3) is 0.0566. The van der Waals surface area contributed by atoms with Gasteiger partial charge < -0.3 is 9.32 Å². The molecule has 0 N–H and O–H groups in total. The van der Waals surface area contributed by atoms with Gasteiger partial charge in [0.2, 0.25) is 0 Å². The Morgan fingerprint density at radius 1 is 0.473 bits per heavy atom. The molecule has 0 bridgehead atoms. The van der Waals surface area contributed by atoms with E-state index in [1.54, 1.807) is 0 Å². The van der Waals surface area contributed by atoms with Gasteiger partial charge in [-0.15, -0.1) is 0 Å². The topological polar surface area (TPSA) is 16.4 Å². The Morgan fingerprint density at radius 3 is 1.87 bits per heavy atom.